The van der Waals surface area contributed by atoms with Gasteiger partial charge in [-0.2, -0.15) is 5.10 Å². The zero-order valence-electron chi connectivity index (χ0n) is 32.6. The van der Waals surface area contributed by atoms with E-state index in [1.165, 1.54) is 17.5 Å². The van der Waals surface area contributed by atoms with Crippen LogP contribution >= 0.6 is 0 Å². The molecule has 2 aliphatic rings. The Morgan fingerprint density at radius 3 is 2.46 bits per heavy atom. The molecule has 1 aliphatic heterocycles. The van der Waals surface area contributed by atoms with Gasteiger partial charge in [0.05, 0.1) is 31.0 Å². The summed E-state index contributed by atoms with van der Waals surface area (Å²) in [4.78, 5) is 34.2. The minimum absolute atomic E-state index is 0.00411. The number of benzene rings is 2. The number of carbonyl (C=O) groups is 2. The molecule has 7 rings (SSSR count). The minimum Gasteiger partial charge on any atom is -0.497 e. The van der Waals surface area contributed by atoms with Crippen molar-refractivity contribution in [3.05, 3.63) is 90.4 Å². The van der Waals surface area contributed by atoms with Crippen LogP contribution in [-0.4, -0.2) is 97.3 Å². The predicted molar refractivity (Wildman–Crippen MR) is 209 cm³/mol. The van der Waals surface area contributed by atoms with Crippen LogP contribution in [0, 0.1) is 5.41 Å². The van der Waals surface area contributed by atoms with Gasteiger partial charge in [0.15, 0.2) is 18.2 Å². The summed E-state index contributed by atoms with van der Waals surface area (Å²) in [6.45, 7) is 7.97. The molecule has 1 unspecified atom stereocenters. The number of esters is 1. The van der Waals surface area contributed by atoms with E-state index in [9.17, 15) is 9.59 Å². The lowest BCUT2D eigenvalue weighted by atomic mass is 9.98. The Morgan fingerprint density at radius 1 is 0.982 bits per heavy atom. The summed E-state index contributed by atoms with van der Waals surface area (Å²) in [5.41, 5.74) is 1.72. The Balaban J connectivity index is 1.05. The van der Waals surface area contributed by atoms with Crippen LogP contribution in [0.4, 0.5) is 5.82 Å². The highest BCUT2D eigenvalue weighted by Crippen LogP contribution is 2.36. The summed E-state index contributed by atoms with van der Waals surface area (Å²) < 4.78 is 26.6. The van der Waals surface area contributed by atoms with Crippen molar-refractivity contribution >= 4 is 28.7 Å². The highest BCUT2D eigenvalue weighted by molar-refractivity contribution is 5.94. The zero-order chi connectivity index (χ0) is 39.2. The van der Waals surface area contributed by atoms with Crippen LogP contribution < -0.4 is 19.5 Å². The maximum atomic E-state index is 13.1. The van der Waals surface area contributed by atoms with Gasteiger partial charge in [-0.1, -0.05) is 23.4 Å². The quantitative estimate of drug-likeness (QED) is 0.0976. The standard InChI is InChI=1S/C41H49N9O6/c1-41(2,3)40(52)55-27-50-31(23-43-46-50)26-54-33-14-16-34(17-15-33)56-35-18-20-42-39-37(35)38(45-49(39)24-28-8-12-32(53-5)13-9-28)44-29-19-22-48(25-29)36(51)7-6-21-47(4)30-10-11-30/h6-9,12-18,20,23,29-30H,10-11,19,21-22,24-27H2,1-5H3,(H,44,45)/b7-6+. The van der Waals surface area contributed by atoms with Crippen LogP contribution in [0.2, 0.25) is 0 Å². The highest BCUT2D eigenvalue weighted by Gasteiger charge is 2.29. The van der Waals surface area contributed by atoms with Gasteiger partial charge in [0, 0.05) is 50.1 Å². The van der Waals surface area contributed by atoms with Gasteiger partial charge in [-0.3, -0.25) is 14.5 Å². The molecular weight excluding hydrogens is 715 g/mol. The summed E-state index contributed by atoms with van der Waals surface area (Å²) in [7, 11) is 3.75. The zero-order valence-corrected chi connectivity index (χ0v) is 32.6. The molecular formula is C41H49N9O6. The molecule has 3 aromatic heterocycles. The monoisotopic (exact) mass is 763 g/mol. The van der Waals surface area contributed by atoms with Crippen molar-refractivity contribution < 1.29 is 28.5 Å². The Labute approximate surface area is 326 Å². The molecule has 294 valence electrons. The topological polar surface area (TPSA) is 151 Å². The first kappa shape index (κ1) is 38.3. The van der Waals surface area contributed by atoms with E-state index in [0.29, 0.717) is 60.1 Å². The fourth-order valence-corrected chi connectivity index (χ4v) is 6.36. The molecule has 2 aromatic carbocycles. The summed E-state index contributed by atoms with van der Waals surface area (Å²) >= 11 is 0. The van der Waals surface area contributed by atoms with E-state index < -0.39 is 5.41 Å². The third-order valence-corrected chi connectivity index (χ3v) is 9.82. The number of hydrogen-bond donors (Lipinski definition) is 1. The van der Waals surface area contributed by atoms with E-state index in [4.69, 9.17) is 29.0 Å². The molecule has 1 N–H and O–H groups in total. The normalized spacial score (nSPS) is 15.8. The molecule has 4 heterocycles. The molecule has 0 bridgehead atoms. The highest BCUT2D eigenvalue weighted by atomic mass is 16.5. The van der Waals surface area contributed by atoms with Crippen molar-refractivity contribution in [2.24, 2.45) is 5.41 Å². The van der Waals surface area contributed by atoms with Crippen LogP contribution in [0.3, 0.4) is 0 Å². The van der Waals surface area contributed by atoms with Crippen molar-refractivity contribution in [3.63, 3.8) is 0 Å². The summed E-state index contributed by atoms with van der Waals surface area (Å²) in [5, 5.41) is 17.3. The molecule has 0 spiro atoms. The number of pyridine rings is 1. The maximum absolute atomic E-state index is 13.1. The van der Waals surface area contributed by atoms with E-state index in [-0.39, 0.29) is 31.3 Å². The molecule has 15 nitrogen and oxygen atoms in total. The molecule has 1 atom stereocenters. The van der Waals surface area contributed by atoms with Gasteiger partial charge in [-0.15, -0.1) is 5.10 Å². The smallest absolute Gasteiger partial charge is 0.313 e. The van der Waals surface area contributed by atoms with E-state index in [1.807, 2.05) is 70.3 Å². The molecule has 56 heavy (non-hydrogen) atoms. The Morgan fingerprint density at radius 2 is 1.73 bits per heavy atom. The Kier molecular flexibility index (Phi) is 11.5. The summed E-state index contributed by atoms with van der Waals surface area (Å²) in [6, 6.07) is 17.6. The summed E-state index contributed by atoms with van der Waals surface area (Å²) in [6.07, 6.45) is 10.2. The molecule has 2 fully saturated rings. The van der Waals surface area contributed by atoms with Gasteiger partial charge < -0.3 is 29.2 Å². The number of nitrogens with one attached hydrogen (secondary N) is 1. The van der Waals surface area contributed by atoms with Crippen LogP contribution in [-0.2, 0) is 34.2 Å². The second kappa shape index (κ2) is 16.8. The molecule has 1 amide bonds. The van der Waals surface area contributed by atoms with Gasteiger partial charge in [-0.25, -0.2) is 14.3 Å². The lowest BCUT2D eigenvalue weighted by Crippen LogP contribution is -2.30. The van der Waals surface area contributed by atoms with Crippen molar-refractivity contribution in [1.82, 2.24) is 39.6 Å². The Bertz CT molecular complexity index is 2150. The average Bonchev–Trinajstić information content (AvgIpc) is 3.61. The number of likely N-dealkylation sites (N-methyl/N-ethyl adjacent to an activating group) is 1. The number of rotatable bonds is 16. The SMILES string of the molecule is COc1ccc(Cn2nc(NC3CCN(C(=O)/C=C/CN(C)C4CC4)C3)c3c(Oc4ccc(OCc5cnnn5COC(=O)C(C)(C)C)cc4)ccnc32)cc1. The number of nitrogens with zero attached hydrogens (tertiary/aromatic N) is 8. The van der Waals surface area contributed by atoms with E-state index in [0.717, 1.165) is 29.7 Å². The second-order valence-corrected chi connectivity index (χ2v) is 15.2. The van der Waals surface area contributed by atoms with Crippen molar-refractivity contribution in [3.8, 4) is 23.0 Å². The summed E-state index contributed by atoms with van der Waals surface area (Å²) in [5.74, 6) is 2.89. The molecule has 1 aliphatic carbocycles. The number of anilines is 1. The second-order valence-electron chi connectivity index (χ2n) is 15.2. The molecule has 0 radical (unpaired) electrons. The molecule has 1 saturated carbocycles. The third kappa shape index (κ3) is 9.45. The molecule has 5 aromatic rings. The van der Waals surface area contributed by atoms with Crippen molar-refractivity contribution in [2.45, 2.75) is 72.0 Å². The number of amides is 1. The van der Waals surface area contributed by atoms with Crippen molar-refractivity contribution in [2.75, 3.05) is 39.1 Å². The number of fused-ring (bicyclic) bond motifs is 1. The number of carbonyl (C=O) groups excluding carboxylic acids is 2. The van der Waals surface area contributed by atoms with Crippen LogP contribution in [0.25, 0.3) is 11.0 Å². The van der Waals surface area contributed by atoms with Crippen molar-refractivity contribution in [1.29, 1.82) is 0 Å². The van der Waals surface area contributed by atoms with Crippen LogP contribution in [0.15, 0.2) is 79.1 Å². The maximum Gasteiger partial charge on any atom is 0.313 e. The fraction of sp³-hybridized carbons (Fsp3) is 0.415. The molecule has 15 heteroatoms. The van der Waals surface area contributed by atoms with Gasteiger partial charge in [0.2, 0.25) is 5.91 Å². The number of likely N-dealkylation sites (tertiary alicyclic amines) is 1. The largest absolute Gasteiger partial charge is 0.497 e. The Hall–Kier alpha value is -5.96. The molecule has 1 saturated heterocycles. The van der Waals surface area contributed by atoms with Crippen LogP contribution in [0.5, 0.6) is 23.0 Å². The predicted octanol–water partition coefficient (Wildman–Crippen LogP) is 5.66. The number of hydrogen-bond acceptors (Lipinski definition) is 12. The van der Waals surface area contributed by atoms with E-state index in [1.54, 1.807) is 46.4 Å². The number of aromatic nitrogens is 6. The van der Waals surface area contributed by atoms with Gasteiger partial charge >= 0.3 is 5.97 Å². The van der Waals surface area contributed by atoms with Gasteiger partial charge in [0.1, 0.15) is 35.0 Å². The first-order valence-electron chi connectivity index (χ1n) is 18.9. The third-order valence-electron chi connectivity index (χ3n) is 9.82. The van der Waals surface area contributed by atoms with E-state index >= 15 is 0 Å². The fourth-order valence-electron chi connectivity index (χ4n) is 6.36. The van der Waals surface area contributed by atoms with Gasteiger partial charge in [0.25, 0.3) is 0 Å². The number of ether oxygens (including phenoxy) is 4. The first-order chi connectivity index (χ1) is 27.0. The lowest BCUT2D eigenvalue weighted by molar-refractivity contribution is -0.157. The lowest BCUT2D eigenvalue weighted by Gasteiger charge is -2.17. The van der Waals surface area contributed by atoms with E-state index in [2.05, 4.69) is 27.6 Å². The minimum atomic E-state index is -0.623. The van der Waals surface area contributed by atoms with Gasteiger partial charge in [-0.05, 0) is 89.0 Å². The average molecular weight is 764 g/mol. The number of methoxy groups -OCH3 is 1. The first-order valence-corrected chi connectivity index (χ1v) is 18.9. The van der Waals surface area contributed by atoms with Crippen LogP contribution in [0.1, 0.15) is 51.3 Å².